The summed E-state index contributed by atoms with van der Waals surface area (Å²) in [5.74, 6) is 0. The third kappa shape index (κ3) is 10.3. The van der Waals surface area contributed by atoms with E-state index >= 15 is 0 Å². The summed E-state index contributed by atoms with van der Waals surface area (Å²) >= 11 is 2.62. The van der Waals surface area contributed by atoms with Gasteiger partial charge in [-0.05, 0) is 0 Å². The summed E-state index contributed by atoms with van der Waals surface area (Å²) in [6.07, 6.45) is 0. The van der Waals surface area contributed by atoms with Crippen molar-refractivity contribution in [1.29, 1.82) is 0 Å². The predicted octanol–water partition coefficient (Wildman–Crippen LogP) is -0.126. The maximum atomic E-state index is 7.88. The van der Waals surface area contributed by atoms with Crippen molar-refractivity contribution in [2.75, 3.05) is 0 Å². The summed E-state index contributed by atoms with van der Waals surface area (Å²) < 4.78 is 7.88. The van der Waals surface area contributed by atoms with Gasteiger partial charge < -0.3 is 0 Å². The fourth-order valence-corrected chi connectivity index (χ4v) is 0. The number of rotatable bonds is 0. The van der Waals surface area contributed by atoms with Crippen LogP contribution in [0.5, 0.6) is 0 Å². The number of hydrogen-bond acceptors (Lipinski definition) is 1. The molecule has 0 saturated carbocycles. The Morgan fingerprint density at radius 3 is 1.25 bits per heavy atom. The first-order valence-electron chi connectivity index (χ1n) is 0.129. The molecule has 0 aliphatic heterocycles. The van der Waals surface area contributed by atoms with Gasteiger partial charge in [-0.1, -0.05) is 0 Å². The van der Waals surface area contributed by atoms with Crippen molar-refractivity contribution in [1.82, 2.24) is 0 Å². The van der Waals surface area contributed by atoms with Crippen molar-refractivity contribution in [2.45, 2.75) is 0 Å². The Bertz CT molecular complexity index is 6.00. The van der Waals surface area contributed by atoms with E-state index in [9.17, 15) is 0 Å². The first-order chi connectivity index (χ1) is 1.00. The second-order valence-corrected chi connectivity index (χ2v) is 0. The normalized spacial score (nSPS) is 1.50. The summed E-state index contributed by atoms with van der Waals surface area (Å²) in [5, 5.41) is 0. The monoisotopic (exact) mass is 195 g/mol. The third-order valence-electron chi connectivity index (χ3n) is 0. The standard InChI is InChI=1S/Cu.2Ni.O. The van der Waals surface area contributed by atoms with Gasteiger partial charge in [-0.25, -0.2) is 0 Å². The van der Waals surface area contributed by atoms with Crippen molar-refractivity contribution < 1.29 is 52.8 Å². The zero-order chi connectivity index (χ0) is 2.00. The van der Waals surface area contributed by atoms with Gasteiger partial charge in [0.15, 0.2) is 0 Å². The van der Waals surface area contributed by atoms with E-state index in [0.717, 1.165) is 0 Å². The minimum absolute atomic E-state index is 0. The molecule has 0 heterocycles. The fraction of sp³-hybridized carbons (Fsp3) is 0. The molecule has 0 aromatic rings. The Kier molecular flexibility index (Phi) is 128. The first-order valence-corrected chi connectivity index (χ1v) is 0.532. The first kappa shape index (κ1) is 18.5. The molecular weight excluding hydrogens is 197 g/mol. The summed E-state index contributed by atoms with van der Waals surface area (Å²) in [4.78, 5) is 0. The molecule has 0 aromatic heterocycles. The van der Waals surface area contributed by atoms with E-state index in [1.807, 2.05) is 0 Å². The van der Waals surface area contributed by atoms with Crippen LogP contribution in [-0.2, 0) is 52.8 Å². The van der Waals surface area contributed by atoms with E-state index in [0.29, 0.717) is 0 Å². The van der Waals surface area contributed by atoms with Crippen molar-refractivity contribution in [3.8, 4) is 0 Å². The van der Waals surface area contributed by atoms with Gasteiger partial charge in [0.1, 0.15) is 0 Å². The molecule has 0 N–H and O–H groups in total. The van der Waals surface area contributed by atoms with E-state index in [1.54, 1.807) is 0 Å². The van der Waals surface area contributed by atoms with Crippen LogP contribution in [0.25, 0.3) is 0 Å². The van der Waals surface area contributed by atoms with Gasteiger partial charge in [0.2, 0.25) is 0 Å². The molecule has 0 aliphatic rings. The van der Waals surface area contributed by atoms with Crippen LogP contribution >= 0.6 is 0 Å². The van der Waals surface area contributed by atoms with Crippen molar-refractivity contribution in [3.05, 3.63) is 0 Å². The summed E-state index contributed by atoms with van der Waals surface area (Å²) in [7, 11) is 0. The van der Waals surface area contributed by atoms with Crippen molar-refractivity contribution in [2.24, 2.45) is 0 Å². The van der Waals surface area contributed by atoms with Gasteiger partial charge >= 0.3 is 19.3 Å². The molecule has 1 radical (unpaired) electrons. The minimum atomic E-state index is 0. The van der Waals surface area contributed by atoms with E-state index in [-0.39, 0.29) is 33.6 Å². The van der Waals surface area contributed by atoms with Crippen LogP contribution in [0.3, 0.4) is 0 Å². The van der Waals surface area contributed by atoms with Crippen LogP contribution in [0, 0.1) is 0 Å². The summed E-state index contributed by atoms with van der Waals surface area (Å²) in [6.45, 7) is 0. The molecular formula is CuNi2O. The Balaban J connectivity index is -0.00000000500. The van der Waals surface area contributed by atoms with E-state index in [2.05, 4.69) is 15.4 Å². The van der Waals surface area contributed by atoms with Crippen molar-refractivity contribution >= 4 is 0 Å². The molecule has 1 nitrogen and oxygen atoms in total. The number of hydrogen-bond donors (Lipinski definition) is 0. The molecule has 0 bridgehead atoms. The van der Waals surface area contributed by atoms with E-state index < -0.39 is 0 Å². The Hall–Kier alpha value is 1.31. The third-order valence-corrected chi connectivity index (χ3v) is 0. The average molecular weight is 197 g/mol. The molecule has 0 unspecified atom stereocenters. The summed E-state index contributed by atoms with van der Waals surface area (Å²) in [6, 6.07) is 0. The van der Waals surface area contributed by atoms with Crippen molar-refractivity contribution in [3.63, 3.8) is 0 Å². The van der Waals surface area contributed by atoms with Gasteiger partial charge in [0, 0.05) is 33.6 Å². The Morgan fingerprint density at radius 2 is 1.25 bits per heavy atom. The quantitative estimate of drug-likeness (QED) is 0.494. The van der Waals surface area contributed by atoms with Gasteiger partial charge in [-0.3, -0.25) is 0 Å². The molecule has 0 aliphatic carbocycles. The topological polar surface area (TPSA) is 17.1 Å². The van der Waals surface area contributed by atoms with Gasteiger partial charge in [0.05, 0.1) is 0 Å². The maximum absolute atomic E-state index is 7.88. The predicted molar refractivity (Wildman–Crippen MR) is 0.686 cm³/mol. The van der Waals surface area contributed by atoms with Gasteiger partial charge in [0.25, 0.3) is 0 Å². The van der Waals surface area contributed by atoms with Crippen LogP contribution < -0.4 is 0 Å². The molecule has 0 fully saturated rings. The van der Waals surface area contributed by atoms with Gasteiger partial charge in [-0.2, -0.15) is 0 Å². The zero-order valence-corrected chi connectivity index (χ0v) is 4.26. The van der Waals surface area contributed by atoms with Crippen LogP contribution in [0.15, 0.2) is 0 Å². The molecule has 0 atom stereocenters. The average Bonchev–Trinajstić information content (AvgIpc) is 1.00. The molecule has 0 spiro atoms. The van der Waals surface area contributed by atoms with Crippen LogP contribution in [0.1, 0.15) is 0 Å². The molecule has 0 aromatic carbocycles. The molecule has 0 amide bonds. The fourth-order valence-electron chi connectivity index (χ4n) is 0. The second-order valence-electron chi connectivity index (χ2n) is 0. The molecule has 4 heavy (non-hydrogen) atoms. The molecule has 4 heteroatoms. The van der Waals surface area contributed by atoms with Gasteiger partial charge in [-0.15, -0.1) is 0 Å². The zero-order valence-electron chi connectivity index (χ0n) is 1.34. The molecule has 37 valence electrons. The Labute approximate surface area is 52.9 Å². The summed E-state index contributed by atoms with van der Waals surface area (Å²) in [5.41, 5.74) is 0. The van der Waals surface area contributed by atoms with Crippen LogP contribution in [0.2, 0.25) is 0 Å². The molecule has 0 saturated heterocycles. The van der Waals surface area contributed by atoms with E-state index in [1.165, 1.54) is 0 Å². The SMILES string of the molecule is [Cu].[Ni].[O]=[Ni]. The van der Waals surface area contributed by atoms with Crippen LogP contribution in [-0.4, -0.2) is 0 Å². The Morgan fingerprint density at radius 1 is 1.25 bits per heavy atom. The second kappa shape index (κ2) is 27.6. The molecule has 0 rings (SSSR count). The van der Waals surface area contributed by atoms with Crippen LogP contribution in [0.4, 0.5) is 0 Å². The van der Waals surface area contributed by atoms with E-state index in [4.69, 9.17) is 3.90 Å².